The number of hydrogen-bond acceptors (Lipinski definition) is 6. The van der Waals surface area contributed by atoms with Gasteiger partial charge in [0, 0.05) is 38.0 Å². The normalized spacial score (nSPS) is 11.8. The molecule has 1 aromatic carbocycles. The number of rotatable bonds is 9. The van der Waals surface area contributed by atoms with Gasteiger partial charge in [0.2, 0.25) is 17.1 Å². The second kappa shape index (κ2) is 9.78. The van der Waals surface area contributed by atoms with Crippen molar-refractivity contribution in [2.45, 2.75) is 32.2 Å². The summed E-state index contributed by atoms with van der Waals surface area (Å²) < 4.78 is 12.8. The first kappa shape index (κ1) is 21.2. The van der Waals surface area contributed by atoms with Crippen molar-refractivity contribution in [2.24, 2.45) is 0 Å². The fourth-order valence-electron chi connectivity index (χ4n) is 3.23. The van der Waals surface area contributed by atoms with Crippen LogP contribution in [0, 0.1) is 6.92 Å². The molecule has 1 unspecified atom stereocenters. The lowest BCUT2D eigenvalue weighted by atomic mass is 9.91. The Morgan fingerprint density at radius 2 is 2.10 bits per heavy atom. The Hall–Kier alpha value is -3.55. The van der Waals surface area contributed by atoms with Crippen LogP contribution < -0.4 is 15.5 Å². The molecule has 158 valence electrons. The van der Waals surface area contributed by atoms with Crippen LogP contribution in [0.4, 0.5) is 0 Å². The molecule has 2 heterocycles. The molecule has 8 heteroatoms. The maximum absolute atomic E-state index is 12.6. The van der Waals surface area contributed by atoms with Crippen molar-refractivity contribution in [1.82, 2.24) is 14.9 Å². The smallest absolute Gasteiger partial charge is 0.227 e. The molecule has 0 saturated carbocycles. The summed E-state index contributed by atoms with van der Waals surface area (Å²) in [6.07, 6.45) is 6.08. The molecule has 0 saturated heterocycles. The van der Waals surface area contributed by atoms with Gasteiger partial charge < -0.3 is 24.1 Å². The second-order valence-electron chi connectivity index (χ2n) is 6.97. The van der Waals surface area contributed by atoms with Crippen LogP contribution in [-0.2, 0) is 11.3 Å². The van der Waals surface area contributed by atoms with Gasteiger partial charge in [-0.3, -0.25) is 9.59 Å². The molecule has 8 nitrogen and oxygen atoms in total. The Bertz CT molecular complexity index is 1030. The van der Waals surface area contributed by atoms with E-state index in [1.807, 2.05) is 10.8 Å². The average molecular weight is 411 g/mol. The molecular formula is C22H25N3O5. The molecule has 0 aliphatic rings. The molecule has 2 N–H and O–H groups in total. The summed E-state index contributed by atoms with van der Waals surface area (Å²) in [7, 11) is 1.56. The average Bonchev–Trinajstić information content (AvgIpc) is 3.26. The molecule has 0 fully saturated rings. The van der Waals surface area contributed by atoms with Crippen LogP contribution in [0.25, 0.3) is 0 Å². The van der Waals surface area contributed by atoms with Crippen molar-refractivity contribution in [1.29, 1.82) is 0 Å². The van der Waals surface area contributed by atoms with E-state index in [0.717, 1.165) is 18.5 Å². The quantitative estimate of drug-likeness (QED) is 0.524. The summed E-state index contributed by atoms with van der Waals surface area (Å²) in [6.45, 7) is 2.87. The summed E-state index contributed by atoms with van der Waals surface area (Å²) in [6, 6.07) is 8.32. The number of carbonyl (C=O) groups excluding carboxylic acids is 1. The first-order chi connectivity index (χ1) is 14.5. The van der Waals surface area contributed by atoms with Crippen LogP contribution in [0.3, 0.4) is 0 Å². The number of nitrogens with one attached hydrogen (secondary N) is 1. The van der Waals surface area contributed by atoms with Gasteiger partial charge in [0.15, 0.2) is 5.76 Å². The highest BCUT2D eigenvalue weighted by Gasteiger charge is 2.25. The molecule has 2 aromatic heterocycles. The maximum atomic E-state index is 12.6. The second-order valence-corrected chi connectivity index (χ2v) is 6.97. The monoisotopic (exact) mass is 411 g/mol. The summed E-state index contributed by atoms with van der Waals surface area (Å²) >= 11 is 0. The third kappa shape index (κ3) is 5.28. The van der Waals surface area contributed by atoms with Gasteiger partial charge in [0.1, 0.15) is 11.5 Å². The minimum Gasteiger partial charge on any atom is -0.502 e. The number of carbonyl (C=O) groups is 1. The number of aryl methyl sites for hydroxylation is 2. The first-order valence-electron chi connectivity index (χ1n) is 9.68. The molecule has 0 aliphatic heterocycles. The highest BCUT2D eigenvalue weighted by Crippen LogP contribution is 2.33. The fraction of sp³-hybridized carbons (Fsp3) is 0.318. The van der Waals surface area contributed by atoms with Crippen molar-refractivity contribution < 1.29 is 19.1 Å². The highest BCUT2D eigenvalue weighted by molar-refractivity contribution is 5.77. The molecule has 0 aliphatic carbocycles. The van der Waals surface area contributed by atoms with E-state index in [0.29, 0.717) is 18.1 Å². The molecule has 3 aromatic rings. The number of nitrogens with zero attached hydrogens (tertiary/aromatic N) is 2. The number of ether oxygens (including phenoxy) is 1. The Morgan fingerprint density at radius 1 is 1.33 bits per heavy atom. The minimum atomic E-state index is -0.614. The van der Waals surface area contributed by atoms with E-state index in [1.165, 1.54) is 6.07 Å². The predicted octanol–water partition coefficient (Wildman–Crippen LogP) is 2.59. The van der Waals surface area contributed by atoms with Crippen LogP contribution in [-0.4, -0.2) is 34.2 Å². The lowest BCUT2D eigenvalue weighted by Gasteiger charge is -2.18. The summed E-state index contributed by atoms with van der Waals surface area (Å²) in [5, 5.41) is 13.2. The summed E-state index contributed by atoms with van der Waals surface area (Å²) in [5.74, 6) is -0.182. The first-order valence-corrected chi connectivity index (χ1v) is 9.68. The van der Waals surface area contributed by atoms with E-state index in [4.69, 9.17) is 9.15 Å². The summed E-state index contributed by atoms with van der Waals surface area (Å²) in [4.78, 5) is 28.7. The zero-order chi connectivity index (χ0) is 21.5. The zero-order valence-electron chi connectivity index (χ0n) is 17.0. The van der Waals surface area contributed by atoms with E-state index in [9.17, 15) is 14.7 Å². The van der Waals surface area contributed by atoms with Gasteiger partial charge in [0.25, 0.3) is 0 Å². The van der Waals surface area contributed by atoms with Crippen molar-refractivity contribution in [3.8, 4) is 11.5 Å². The van der Waals surface area contributed by atoms with Crippen molar-refractivity contribution in [3.05, 3.63) is 76.4 Å². The molecule has 0 bridgehead atoms. The number of aromatic nitrogens is 2. The van der Waals surface area contributed by atoms with Gasteiger partial charge in [-0.15, -0.1) is 0 Å². The Balaban J connectivity index is 1.75. The lowest BCUT2D eigenvalue weighted by Crippen LogP contribution is -2.27. The fourth-order valence-corrected chi connectivity index (χ4v) is 3.23. The summed E-state index contributed by atoms with van der Waals surface area (Å²) in [5.41, 5.74) is 0.196. The van der Waals surface area contributed by atoms with Crippen LogP contribution in [0.2, 0.25) is 0 Å². The number of hydrogen-bond donors (Lipinski definition) is 2. The number of methoxy groups -OCH3 is 1. The van der Waals surface area contributed by atoms with E-state index < -0.39 is 17.1 Å². The van der Waals surface area contributed by atoms with Gasteiger partial charge in [-0.05, 0) is 31.0 Å². The third-order valence-electron chi connectivity index (χ3n) is 4.77. The van der Waals surface area contributed by atoms with E-state index >= 15 is 0 Å². The van der Waals surface area contributed by atoms with Crippen molar-refractivity contribution in [2.75, 3.05) is 13.7 Å². The highest BCUT2D eigenvalue weighted by atomic mass is 16.5. The van der Waals surface area contributed by atoms with E-state index in [-0.39, 0.29) is 18.1 Å². The molecule has 1 atom stereocenters. The van der Waals surface area contributed by atoms with E-state index in [1.54, 1.807) is 50.8 Å². The largest absolute Gasteiger partial charge is 0.502 e. The van der Waals surface area contributed by atoms with Crippen LogP contribution >= 0.6 is 0 Å². The number of imidazole rings is 1. The predicted molar refractivity (Wildman–Crippen MR) is 111 cm³/mol. The van der Waals surface area contributed by atoms with Gasteiger partial charge in [0.05, 0.1) is 19.4 Å². The molecule has 1 amide bonds. The molecule has 3 rings (SSSR count). The molecule has 0 spiro atoms. The topological polar surface area (TPSA) is 107 Å². The number of aromatic hydroxyl groups is 1. The Morgan fingerprint density at radius 3 is 2.77 bits per heavy atom. The molecular weight excluding hydrogens is 386 g/mol. The Labute approximate surface area is 174 Å². The maximum Gasteiger partial charge on any atom is 0.227 e. The van der Waals surface area contributed by atoms with Crippen LogP contribution in [0.15, 0.2) is 58.3 Å². The van der Waals surface area contributed by atoms with Gasteiger partial charge >= 0.3 is 0 Å². The number of benzene rings is 1. The van der Waals surface area contributed by atoms with Gasteiger partial charge in [-0.25, -0.2) is 4.98 Å². The van der Waals surface area contributed by atoms with Crippen LogP contribution in [0.5, 0.6) is 11.5 Å². The molecule has 0 radical (unpaired) electrons. The number of amides is 1. The van der Waals surface area contributed by atoms with Crippen LogP contribution in [0.1, 0.15) is 35.8 Å². The zero-order valence-corrected chi connectivity index (χ0v) is 17.0. The molecule has 30 heavy (non-hydrogen) atoms. The lowest BCUT2D eigenvalue weighted by molar-refractivity contribution is -0.121. The van der Waals surface area contributed by atoms with Gasteiger partial charge in [-0.1, -0.05) is 12.1 Å². The van der Waals surface area contributed by atoms with Gasteiger partial charge in [-0.2, -0.15) is 0 Å². The standard InChI is InChI=1S/C22H25N3O5/c1-15-12-19(26)21(28)22(30-15)18(16-4-6-17(29-2)7-5-16)13-20(27)24-8-3-10-25-11-9-23-14-25/h4-7,9,11-12,14,18,28H,3,8,10,13H2,1-2H3,(H,24,27). The van der Waals surface area contributed by atoms with E-state index in [2.05, 4.69) is 10.3 Å². The minimum absolute atomic E-state index is 0.0252. The SMILES string of the molecule is COc1ccc(C(CC(=O)NCCCn2ccnc2)c2oc(C)cc(=O)c2O)cc1. The Kier molecular flexibility index (Phi) is 6.90. The van der Waals surface area contributed by atoms with Crippen molar-refractivity contribution >= 4 is 5.91 Å². The van der Waals surface area contributed by atoms with Crippen molar-refractivity contribution in [3.63, 3.8) is 0 Å². The third-order valence-corrected chi connectivity index (χ3v) is 4.77.